The number of hydrazine groups is 1. The largest absolute Gasteiger partial charge is 0.345 e. The Bertz CT molecular complexity index is 592. The summed E-state index contributed by atoms with van der Waals surface area (Å²) in [4.78, 5) is 24.8. The second-order valence-electron chi connectivity index (χ2n) is 4.67. The Balaban J connectivity index is 1.62. The monoisotopic (exact) mass is 304 g/mol. The molecule has 2 aromatic heterocycles. The van der Waals surface area contributed by atoms with Gasteiger partial charge >= 0.3 is 0 Å². The molecular formula is C13H16N6OS. The molecule has 0 aromatic carbocycles. The first-order valence-electron chi connectivity index (χ1n) is 6.64. The fourth-order valence-electron chi connectivity index (χ4n) is 2.24. The van der Waals surface area contributed by atoms with Crippen LogP contribution in [0.3, 0.4) is 0 Å². The minimum atomic E-state index is -0.0441. The zero-order chi connectivity index (χ0) is 14.7. The molecule has 1 aliphatic rings. The smallest absolute Gasteiger partial charge is 0.272 e. The van der Waals surface area contributed by atoms with Gasteiger partial charge in [0.15, 0.2) is 5.13 Å². The summed E-state index contributed by atoms with van der Waals surface area (Å²) in [5.41, 5.74) is 3.62. The lowest BCUT2D eigenvalue weighted by Gasteiger charge is -2.34. The Kier molecular flexibility index (Phi) is 3.98. The molecule has 0 aliphatic carbocycles. The average molecular weight is 304 g/mol. The van der Waals surface area contributed by atoms with Gasteiger partial charge < -0.3 is 15.2 Å². The fraction of sp³-hybridized carbons (Fsp3) is 0.308. The first-order chi connectivity index (χ1) is 10.3. The van der Waals surface area contributed by atoms with Gasteiger partial charge in [0.05, 0.1) is 11.9 Å². The second-order valence-corrected chi connectivity index (χ2v) is 5.54. The van der Waals surface area contributed by atoms with Crippen LogP contribution in [-0.4, -0.2) is 47.0 Å². The van der Waals surface area contributed by atoms with Gasteiger partial charge in [0.1, 0.15) is 5.69 Å². The van der Waals surface area contributed by atoms with Crippen molar-refractivity contribution in [3.05, 3.63) is 35.6 Å². The van der Waals surface area contributed by atoms with Crippen molar-refractivity contribution in [3.63, 3.8) is 0 Å². The molecular weight excluding hydrogens is 288 g/mol. The third-order valence-corrected chi connectivity index (χ3v) is 4.24. The van der Waals surface area contributed by atoms with Crippen LogP contribution in [0, 0.1) is 0 Å². The molecule has 0 bridgehead atoms. The quantitative estimate of drug-likeness (QED) is 0.644. The Morgan fingerprint density at radius 3 is 2.62 bits per heavy atom. The fourth-order valence-corrected chi connectivity index (χ4v) is 2.94. The summed E-state index contributed by atoms with van der Waals surface area (Å²) < 4.78 is 0. The van der Waals surface area contributed by atoms with Crippen LogP contribution in [0.4, 0.5) is 10.8 Å². The molecule has 7 nitrogen and oxygen atoms in total. The molecule has 1 fully saturated rings. The highest BCUT2D eigenvalue weighted by molar-refractivity contribution is 7.13. The van der Waals surface area contributed by atoms with Crippen LogP contribution in [0.5, 0.6) is 0 Å². The summed E-state index contributed by atoms with van der Waals surface area (Å²) in [6, 6.07) is 3.43. The number of rotatable bonds is 3. The summed E-state index contributed by atoms with van der Waals surface area (Å²) in [5, 5.41) is 2.97. The summed E-state index contributed by atoms with van der Waals surface area (Å²) >= 11 is 1.62. The number of hydrogen-bond donors (Lipinski definition) is 2. The zero-order valence-electron chi connectivity index (χ0n) is 11.4. The van der Waals surface area contributed by atoms with Crippen LogP contribution < -0.4 is 16.2 Å². The number of thiazole rings is 1. The van der Waals surface area contributed by atoms with Crippen LogP contribution in [0.25, 0.3) is 0 Å². The van der Waals surface area contributed by atoms with Crippen molar-refractivity contribution in [2.45, 2.75) is 0 Å². The van der Waals surface area contributed by atoms with E-state index in [0.717, 1.165) is 18.2 Å². The van der Waals surface area contributed by atoms with Gasteiger partial charge in [-0.05, 0) is 12.1 Å². The summed E-state index contributed by atoms with van der Waals surface area (Å²) in [6.07, 6.45) is 3.35. The maximum Gasteiger partial charge on any atom is 0.272 e. The number of aromatic nitrogens is 2. The molecule has 0 atom stereocenters. The van der Waals surface area contributed by atoms with Gasteiger partial charge in [0.25, 0.3) is 5.91 Å². The third kappa shape index (κ3) is 2.96. The number of nitrogens with one attached hydrogen (secondary N) is 1. The number of amides is 1. The van der Waals surface area contributed by atoms with Gasteiger partial charge in [-0.15, -0.1) is 11.3 Å². The maximum atomic E-state index is 12.4. The molecule has 3 N–H and O–H groups in total. The van der Waals surface area contributed by atoms with Crippen molar-refractivity contribution in [1.82, 2.24) is 14.9 Å². The number of piperazine rings is 1. The normalized spacial score (nSPS) is 15.1. The third-order valence-electron chi connectivity index (χ3n) is 3.41. The number of nitrogen functional groups attached to an aromatic ring is 1. The highest BCUT2D eigenvalue weighted by Gasteiger charge is 2.23. The zero-order valence-corrected chi connectivity index (χ0v) is 12.2. The van der Waals surface area contributed by atoms with Crippen molar-refractivity contribution < 1.29 is 4.79 Å². The SMILES string of the molecule is NNc1ccc(C(=O)N2CCN(c3nccs3)CC2)nc1. The van der Waals surface area contributed by atoms with Crippen LogP contribution >= 0.6 is 11.3 Å². The maximum absolute atomic E-state index is 12.4. The minimum absolute atomic E-state index is 0.0441. The van der Waals surface area contributed by atoms with Gasteiger partial charge in [-0.3, -0.25) is 10.6 Å². The van der Waals surface area contributed by atoms with E-state index >= 15 is 0 Å². The second kappa shape index (κ2) is 6.06. The molecule has 2 aromatic rings. The summed E-state index contributed by atoms with van der Waals surface area (Å²) in [6.45, 7) is 2.94. The predicted molar refractivity (Wildman–Crippen MR) is 82.3 cm³/mol. The minimum Gasteiger partial charge on any atom is -0.345 e. The van der Waals surface area contributed by atoms with E-state index in [2.05, 4.69) is 20.3 Å². The van der Waals surface area contributed by atoms with Gasteiger partial charge in [0, 0.05) is 37.8 Å². The van der Waals surface area contributed by atoms with Crippen LogP contribution in [-0.2, 0) is 0 Å². The Morgan fingerprint density at radius 1 is 1.24 bits per heavy atom. The molecule has 0 unspecified atom stereocenters. The molecule has 110 valence electrons. The molecule has 0 radical (unpaired) electrons. The van der Waals surface area contributed by atoms with Crippen LogP contribution in [0.1, 0.15) is 10.5 Å². The highest BCUT2D eigenvalue weighted by Crippen LogP contribution is 2.19. The van der Waals surface area contributed by atoms with Crippen molar-refractivity contribution in [2.24, 2.45) is 5.84 Å². The van der Waals surface area contributed by atoms with E-state index in [1.807, 2.05) is 10.3 Å². The van der Waals surface area contributed by atoms with Crippen molar-refractivity contribution in [3.8, 4) is 0 Å². The summed E-state index contributed by atoms with van der Waals surface area (Å²) in [5.74, 6) is 5.24. The van der Waals surface area contributed by atoms with E-state index in [4.69, 9.17) is 5.84 Å². The van der Waals surface area contributed by atoms with Gasteiger partial charge in [-0.2, -0.15) is 0 Å². The van der Waals surface area contributed by atoms with Crippen LogP contribution in [0.2, 0.25) is 0 Å². The first-order valence-corrected chi connectivity index (χ1v) is 7.52. The van der Waals surface area contributed by atoms with Crippen LogP contribution in [0.15, 0.2) is 29.9 Å². The van der Waals surface area contributed by atoms with Crippen molar-refractivity contribution in [1.29, 1.82) is 0 Å². The first kappa shape index (κ1) is 13.8. The average Bonchev–Trinajstić information content (AvgIpc) is 3.09. The molecule has 1 aliphatic heterocycles. The van der Waals surface area contributed by atoms with Gasteiger partial charge in [-0.1, -0.05) is 0 Å². The van der Waals surface area contributed by atoms with Gasteiger partial charge in [-0.25, -0.2) is 9.97 Å². The Hall–Kier alpha value is -2.19. The molecule has 3 heterocycles. The molecule has 8 heteroatoms. The molecule has 0 spiro atoms. The van der Waals surface area contributed by atoms with Crippen molar-refractivity contribution in [2.75, 3.05) is 36.5 Å². The van der Waals surface area contributed by atoms with E-state index in [-0.39, 0.29) is 5.91 Å². The highest BCUT2D eigenvalue weighted by atomic mass is 32.1. The standard InChI is InChI=1S/C13H16N6OS/c14-17-10-1-2-11(16-9-10)12(20)18-4-6-19(7-5-18)13-15-3-8-21-13/h1-3,8-9,17H,4-7,14H2. The Morgan fingerprint density at radius 2 is 2.05 bits per heavy atom. The molecule has 21 heavy (non-hydrogen) atoms. The van der Waals surface area contributed by atoms with E-state index < -0.39 is 0 Å². The Labute approximate surface area is 126 Å². The van der Waals surface area contributed by atoms with Crippen molar-refractivity contribution >= 4 is 28.1 Å². The number of pyridine rings is 1. The molecule has 1 saturated heterocycles. The van der Waals surface area contributed by atoms with E-state index in [1.165, 1.54) is 0 Å². The molecule has 0 saturated carbocycles. The van der Waals surface area contributed by atoms with E-state index in [9.17, 15) is 4.79 Å². The lowest BCUT2D eigenvalue weighted by molar-refractivity contribution is 0.0741. The summed E-state index contributed by atoms with van der Waals surface area (Å²) in [7, 11) is 0. The lowest BCUT2D eigenvalue weighted by atomic mass is 10.2. The van der Waals surface area contributed by atoms with E-state index in [1.54, 1.807) is 35.9 Å². The topological polar surface area (TPSA) is 87.4 Å². The number of nitrogens with zero attached hydrogens (tertiary/aromatic N) is 4. The number of carbonyl (C=O) groups is 1. The lowest BCUT2D eigenvalue weighted by Crippen LogP contribution is -2.49. The van der Waals surface area contributed by atoms with Gasteiger partial charge in [0.2, 0.25) is 0 Å². The number of carbonyl (C=O) groups excluding carboxylic acids is 1. The molecule has 1 amide bonds. The van der Waals surface area contributed by atoms with E-state index in [0.29, 0.717) is 24.5 Å². The number of hydrogen-bond acceptors (Lipinski definition) is 7. The molecule has 3 rings (SSSR count). The predicted octanol–water partition coefficient (Wildman–Crippen LogP) is 0.786. The number of nitrogens with two attached hydrogens (primary N) is 1. The number of anilines is 2.